The number of amides is 1. The van der Waals surface area contributed by atoms with E-state index in [1.165, 1.54) is 11.6 Å². The summed E-state index contributed by atoms with van der Waals surface area (Å²) in [5.74, 6) is 0.235. The Kier molecular flexibility index (Phi) is 6.91. The van der Waals surface area contributed by atoms with Gasteiger partial charge < -0.3 is 9.73 Å². The van der Waals surface area contributed by atoms with E-state index >= 15 is 0 Å². The average molecular weight is 630 g/mol. The molecule has 4 rings (SSSR count). The first-order chi connectivity index (χ1) is 14.5. The molecule has 0 aliphatic carbocycles. The van der Waals surface area contributed by atoms with Crippen LogP contribution in [0.15, 0.2) is 53.1 Å². The van der Waals surface area contributed by atoms with Crippen molar-refractivity contribution in [3.05, 3.63) is 63.6 Å². The lowest BCUT2D eigenvalue weighted by Crippen LogP contribution is -2.33. The summed E-state index contributed by atoms with van der Waals surface area (Å²) in [4.78, 5) is 18.0. The van der Waals surface area contributed by atoms with Crippen molar-refractivity contribution in [3.63, 3.8) is 0 Å². The number of carbonyl (C=O) groups excluding carboxylic acids is 1. The number of alkyl halides is 1. The number of nitrogens with one attached hydrogen (secondary N) is 2. The van der Waals surface area contributed by atoms with Crippen LogP contribution in [0.25, 0.3) is 17.0 Å². The number of rotatable bonds is 6. The lowest BCUT2D eigenvalue weighted by atomic mass is 10.1. The molecule has 3 heterocycles. The number of anilines is 1. The lowest BCUT2D eigenvalue weighted by molar-refractivity contribution is -0.124. The van der Waals surface area contributed by atoms with E-state index in [9.17, 15) is 4.79 Å². The number of furan rings is 1. The maximum atomic E-state index is 11.1. The number of carbonyl (C=O) groups is 1. The number of aromatic nitrogens is 1. The Balaban J connectivity index is 1.36. The molecule has 9 heteroatoms. The van der Waals surface area contributed by atoms with E-state index in [0.717, 1.165) is 45.6 Å². The molecule has 1 aliphatic rings. The van der Waals surface area contributed by atoms with Gasteiger partial charge in [0.1, 0.15) is 11.4 Å². The summed E-state index contributed by atoms with van der Waals surface area (Å²) in [5.41, 5.74) is 4.55. The van der Waals surface area contributed by atoms with Crippen molar-refractivity contribution in [2.75, 3.05) is 11.9 Å². The van der Waals surface area contributed by atoms with Gasteiger partial charge in [-0.1, -0.05) is 28.7 Å². The molecule has 1 fully saturated rings. The van der Waals surface area contributed by atoms with E-state index in [0.29, 0.717) is 10.1 Å². The van der Waals surface area contributed by atoms with Crippen LogP contribution in [0.4, 0.5) is 5.82 Å². The Morgan fingerprint density at radius 2 is 2.20 bits per heavy atom. The molecule has 2 aromatic heterocycles. The maximum Gasteiger partial charge on any atom is 0.267 e. The first kappa shape index (κ1) is 21.5. The highest BCUT2D eigenvalue weighted by atomic mass is 127. The number of halogens is 2. The van der Waals surface area contributed by atoms with Crippen LogP contribution >= 0.6 is 45.2 Å². The minimum absolute atomic E-state index is 0.304. The zero-order valence-electron chi connectivity index (χ0n) is 15.9. The fraction of sp³-hybridized carbons (Fsp3) is 0.238. The Bertz CT molecular complexity index is 1070. The monoisotopic (exact) mass is 630 g/mol. The van der Waals surface area contributed by atoms with Crippen LogP contribution in [0.2, 0.25) is 0 Å². The average Bonchev–Trinajstić information content (AvgIpc) is 3.29. The van der Waals surface area contributed by atoms with Gasteiger partial charge in [0.2, 0.25) is 0 Å². The summed E-state index contributed by atoms with van der Waals surface area (Å²) in [7, 11) is 0. The number of hydroxylamine groups is 1. The van der Waals surface area contributed by atoms with E-state index in [4.69, 9.17) is 9.62 Å². The first-order valence-corrected chi connectivity index (χ1v) is 11.7. The van der Waals surface area contributed by atoms with E-state index in [-0.39, 0.29) is 0 Å². The summed E-state index contributed by atoms with van der Waals surface area (Å²) in [6.45, 7) is 1.91. The highest BCUT2D eigenvalue weighted by molar-refractivity contribution is 14.1. The van der Waals surface area contributed by atoms with Gasteiger partial charge in [-0.3, -0.25) is 14.9 Å². The van der Waals surface area contributed by atoms with Crippen molar-refractivity contribution in [1.29, 1.82) is 0 Å². The first-order valence-electron chi connectivity index (χ1n) is 9.42. The van der Waals surface area contributed by atoms with E-state index < -0.39 is 5.91 Å². The topological polar surface area (TPSA) is 90.6 Å². The zero-order valence-corrected chi connectivity index (χ0v) is 20.2. The SMILES string of the molecule is O=C(C=Cc1ccc(N[C@@H]2CCN(Cc3ccc4oc(I)cc4c3)C2I)nc1)NO. The number of likely N-dealkylation sites (tertiary alicyclic amines) is 1. The number of nitrogens with zero attached hydrogens (tertiary/aromatic N) is 2. The largest absolute Gasteiger partial charge is 0.450 e. The van der Waals surface area contributed by atoms with Gasteiger partial charge in [0, 0.05) is 30.7 Å². The van der Waals surface area contributed by atoms with Gasteiger partial charge in [-0.15, -0.1) is 0 Å². The quantitative estimate of drug-likeness (QED) is 0.0936. The number of hydrogen-bond donors (Lipinski definition) is 3. The Hall–Kier alpha value is -1.70. The smallest absolute Gasteiger partial charge is 0.267 e. The fourth-order valence-corrected chi connectivity index (χ4v) is 5.10. The number of hydrogen-bond acceptors (Lipinski definition) is 6. The van der Waals surface area contributed by atoms with Crippen molar-refractivity contribution >= 4 is 74.0 Å². The summed E-state index contributed by atoms with van der Waals surface area (Å²) < 4.78 is 6.91. The van der Waals surface area contributed by atoms with Crippen LogP contribution in [-0.2, 0) is 11.3 Å². The maximum absolute atomic E-state index is 11.1. The molecule has 2 atom stereocenters. The molecule has 0 radical (unpaired) electrons. The Labute approximate surface area is 201 Å². The summed E-state index contributed by atoms with van der Waals surface area (Å²) >= 11 is 4.70. The standard InChI is InChI=1S/C21H20I2N4O3/c22-18-10-15-9-14(1-4-17(15)30-18)12-27-8-7-16(21(27)23)25-19-5-2-13(11-24-19)3-6-20(28)26-29/h1-6,9-11,16,21,29H,7-8,12H2,(H,24,25)(H,26,28)/t16-,21?/m1/s1. The van der Waals surface area contributed by atoms with Crippen LogP contribution in [0.1, 0.15) is 17.5 Å². The van der Waals surface area contributed by atoms with Crippen LogP contribution in [0.3, 0.4) is 0 Å². The predicted octanol–water partition coefficient (Wildman–Crippen LogP) is 4.40. The van der Waals surface area contributed by atoms with Crippen LogP contribution in [-0.4, -0.2) is 37.6 Å². The molecular formula is C21H20I2N4O3. The molecule has 1 unspecified atom stereocenters. The molecule has 156 valence electrons. The van der Waals surface area contributed by atoms with Gasteiger partial charge in [-0.05, 0) is 76.5 Å². The van der Waals surface area contributed by atoms with Gasteiger partial charge in [0.15, 0.2) is 3.77 Å². The predicted molar refractivity (Wildman–Crippen MR) is 132 cm³/mol. The minimum atomic E-state index is -0.572. The molecule has 1 saturated heterocycles. The fourth-order valence-electron chi connectivity index (χ4n) is 3.51. The molecule has 0 saturated carbocycles. The summed E-state index contributed by atoms with van der Waals surface area (Å²) in [6, 6.07) is 12.5. The van der Waals surface area contributed by atoms with Gasteiger partial charge in [-0.2, -0.15) is 0 Å². The Morgan fingerprint density at radius 1 is 1.33 bits per heavy atom. The number of fused-ring (bicyclic) bond motifs is 1. The molecule has 3 N–H and O–H groups in total. The highest BCUT2D eigenvalue weighted by Gasteiger charge is 2.32. The summed E-state index contributed by atoms with van der Waals surface area (Å²) in [5, 5.41) is 13.2. The molecule has 1 amide bonds. The molecule has 0 bridgehead atoms. The molecule has 7 nitrogen and oxygen atoms in total. The molecule has 30 heavy (non-hydrogen) atoms. The van der Waals surface area contributed by atoms with Gasteiger partial charge in [0.05, 0.1) is 10.1 Å². The number of pyridine rings is 1. The van der Waals surface area contributed by atoms with Crippen LogP contribution in [0, 0.1) is 3.77 Å². The number of benzene rings is 1. The van der Waals surface area contributed by atoms with E-state index in [1.807, 2.05) is 18.2 Å². The second-order valence-corrected chi connectivity index (χ2v) is 9.43. The van der Waals surface area contributed by atoms with Crippen LogP contribution in [0.5, 0.6) is 0 Å². The molecule has 0 spiro atoms. The second-order valence-electron chi connectivity index (χ2n) is 7.09. The van der Waals surface area contributed by atoms with E-state index in [2.05, 4.69) is 78.6 Å². The highest BCUT2D eigenvalue weighted by Crippen LogP contribution is 2.29. The van der Waals surface area contributed by atoms with E-state index in [1.54, 1.807) is 17.8 Å². The molecule has 1 aromatic carbocycles. The molecule has 1 aliphatic heterocycles. The normalized spacial score (nSPS) is 19.6. The Morgan fingerprint density at radius 3 is 2.97 bits per heavy atom. The minimum Gasteiger partial charge on any atom is -0.450 e. The van der Waals surface area contributed by atoms with Crippen LogP contribution < -0.4 is 10.8 Å². The zero-order chi connectivity index (χ0) is 21.1. The molecular weight excluding hydrogens is 610 g/mol. The third-order valence-corrected chi connectivity index (χ3v) is 7.19. The van der Waals surface area contributed by atoms with Gasteiger partial charge >= 0.3 is 0 Å². The van der Waals surface area contributed by atoms with Gasteiger partial charge in [0.25, 0.3) is 5.91 Å². The van der Waals surface area contributed by atoms with Crippen molar-refractivity contribution in [1.82, 2.24) is 15.4 Å². The van der Waals surface area contributed by atoms with Gasteiger partial charge in [-0.25, -0.2) is 10.5 Å². The summed E-state index contributed by atoms with van der Waals surface area (Å²) in [6.07, 6.45) is 5.58. The molecule has 3 aromatic rings. The van der Waals surface area contributed by atoms with Crippen molar-refractivity contribution in [3.8, 4) is 0 Å². The van der Waals surface area contributed by atoms with Crippen molar-refractivity contribution in [2.24, 2.45) is 0 Å². The second kappa shape index (κ2) is 9.62. The van der Waals surface area contributed by atoms with Crippen molar-refractivity contribution < 1.29 is 14.4 Å². The van der Waals surface area contributed by atoms with Crippen molar-refractivity contribution in [2.45, 2.75) is 23.1 Å². The lowest BCUT2D eigenvalue weighted by Gasteiger charge is -2.24. The third kappa shape index (κ3) is 5.13. The third-order valence-electron chi connectivity index (χ3n) is 5.00.